The van der Waals surface area contributed by atoms with Crippen molar-refractivity contribution in [3.63, 3.8) is 0 Å². The number of nitrogens with zero attached hydrogens (tertiary/aromatic N) is 6. The largest absolute Gasteiger partial charge is 0.462 e. The third kappa shape index (κ3) is 22.1. The zero-order chi connectivity index (χ0) is 61.1. The van der Waals surface area contributed by atoms with Gasteiger partial charge < -0.3 is 24.6 Å². The van der Waals surface area contributed by atoms with Gasteiger partial charge in [-0.1, -0.05) is 185 Å². The quantitative estimate of drug-likeness (QED) is 0.0428. The number of para-hydroxylation sites is 2. The molecule has 0 saturated heterocycles. The first-order chi connectivity index (χ1) is 40.7. The van der Waals surface area contributed by atoms with Crippen LogP contribution in [0.2, 0.25) is 0 Å². The van der Waals surface area contributed by atoms with Gasteiger partial charge in [-0.05, 0) is 96.8 Å². The van der Waals surface area contributed by atoms with E-state index in [-0.39, 0.29) is 40.5 Å². The fourth-order valence-electron chi connectivity index (χ4n) is 8.27. The minimum atomic E-state index is -0.548. The number of amides is 1. The minimum absolute atomic E-state index is 0.104. The Morgan fingerprint density at radius 2 is 0.940 bits per heavy atom. The van der Waals surface area contributed by atoms with Crippen LogP contribution in [0.1, 0.15) is 114 Å². The van der Waals surface area contributed by atoms with E-state index >= 15 is 0 Å². The molecule has 1 aromatic heterocycles. The van der Waals surface area contributed by atoms with Crippen molar-refractivity contribution in [2.24, 2.45) is 0 Å². The molecule has 16 heteroatoms. The number of hydrogen-bond donors (Lipinski definition) is 1. The van der Waals surface area contributed by atoms with E-state index in [0.717, 1.165) is 59.3 Å². The predicted molar refractivity (Wildman–Crippen MR) is 333 cm³/mol. The molecule has 1 N–H and O–H groups in total. The van der Waals surface area contributed by atoms with Crippen molar-refractivity contribution in [1.29, 1.82) is 5.26 Å². The maximum Gasteiger partial charge on any atom is 0.356 e. The van der Waals surface area contributed by atoms with Crippen molar-refractivity contribution in [3.05, 3.63) is 272 Å². The number of nitro groups is 2. The Morgan fingerprint density at radius 1 is 0.560 bits per heavy atom. The second kappa shape index (κ2) is 37.1. The van der Waals surface area contributed by atoms with Gasteiger partial charge in [-0.3, -0.25) is 25.0 Å². The van der Waals surface area contributed by atoms with E-state index in [1.807, 2.05) is 210 Å². The molecule has 0 aliphatic heterocycles. The van der Waals surface area contributed by atoms with Crippen LogP contribution in [-0.4, -0.2) is 78.0 Å². The summed E-state index contributed by atoms with van der Waals surface area (Å²) in [5, 5.41) is 34.9. The summed E-state index contributed by atoms with van der Waals surface area (Å²) in [7, 11) is 3.59. The molecule has 0 aliphatic carbocycles. The molecule has 1 heterocycles. The van der Waals surface area contributed by atoms with Gasteiger partial charge >= 0.3 is 11.9 Å². The Morgan fingerprint density at radius 3 is 1.27 bits per heavy atom. The van der Waals surface area contributed by atoms with Crippen LogP contribution >= 0.6 is 0 Å². The van der Waals surface area contributed by atoms with E-state index < -0.39 is 21.8 Å². The molecule has 16 nitrogen and oxygen atoms in total. The number of hydrogen-bond acceptors (Lipinski definition) is 13. The van der Waals surface area contributed by atoms with Crippen molar-refractivity contribution in [2.75, 3.05) is 50.6 Å². The van der Waals surface area contributed by atoms with E-state index in [0.29, 0.717) is 37.4 Å². The second-order valence-electron chi connectivity index (χ2n) is 19.1. The van der Waals surface area contributed by atoms with Gasteiger partial charge in [-0.15, -0.1) is 0 Å². The number of carbonyl (C=O) groups is 3. The molecule has 0 spiro atoms. The highest BCUT2D eigenvalue weighted by molar-refractivity contribution is 5.91. The Kier molecular flexibility index (Phi) is 29.4. The Balaban J connectivity index is 0.000000227. The molecule has 0 radical (unpaired) electrons. The first-order valence-corrected chi connectivity index (χ1v) is 27.8. The summed E-state index contributed by atoms with van der Waals surface area (Å²) >= 11 is 0. The number of esters is 2. The normalized spacial score (nSPS) is 10.0. The average Bonchev–Trinajstić information content (AvgIpc) is 3.72. The monoisotopic (exact) mass is 1130 g/mol. The maximum absolute atomic E-state index is 12.4. The summed E-state index contributed by atoms with van der Waals surface area (Å²) < 4.78 is 9.87. The molecule has 0 saturated carbocycles. The van der Waals surface area contributed by atoms with Gasteiger partial charge in [0.1, 0.15) is 5.69 Å². The number of rotatable bonds is 20. The highest BCUT2D eigenvalue weighted by atomic mass is 16.6. The molecule has 1 amide bonds. The summed E-state index contributed by atoms with van der Waals surface area (Å²) in [5.74, 6) is -1.19. The van der Waals surface area contributed by atoms with Crippen LogP contribution in [0.3, 0.4) is 0 Å². The number of benzene rings is 7. The maximum atomic E-state index is 12.4. The molecule has 0 atom stereocenters. The molecule has 8 aromatic rings. The van der Waals surface area contributed by atoms with Crippen molar-refractivity contribution in [1.82, 2.24) is 9.88 Å². The highest BCUT2D eigenvalue weighted by Crippen LogP contribution is 2.39. The third-order valence-electron chi connectivity index (χ3n) is 12.2. The topological polar surface area (TPSA) is 211 Å². The summed E-state index contributed by atoms with van der Waals surface area (Å²) in [4.78, 5) is 63.9. The van der Waals surface area contributed by atoms with Crippen LogP contribution in [0.25, 0.3) is 0 Å². The van der Waals surface area contributed by atoms with Crippen molar-refractivity contribution >= 4 is 46.3 Å². The van der Waals surface area contributed by atoms with E-state index in [1.54, 1.807) is 30.8 Å². The molecule has 0 bridgehead atoms. The lowest BCUT2D eigenvalue weighted by Crippen LogP contribution is -2.28. The third-order valence-corrected chi connectivity index (χ3v) is 12.2. The van der Waals surface area contributed by atoms with Gasteiger partial charge in [0.2, 0.25) is 5.91 Å². The molecule has 436 valence electrons. The van der Waals surface area contributed by atoms with Crippen LogP contribution in [0.15, 0.2) is 212 Å². The molecule has 0 aliphatic rings. The number of aryl methyl sites for hydroxylation is 1. The number of anilines is 3. The van der Waals surface area contributed by atoms with Crippen LogP contribution in [0, 0.1) is 38.5 Å². The molecule has 0 unspecified atom stereocenters. The molecular formula is C68H75N7O9. The van der Waals surface area contributed by atoms with Gasteiger partial charge in [0, 0.05) is 56.9 Å². The predicted octanol–water partition coefficient (Wildman–Crippen LogP) is 15.3. The SMILES string of the molecule is CCCN(CCC)c1c([N+](=O)[O-])cc(C)cc1[N+](=O)[O-].CCCOC(=O)c1ccc(C(=O)OCCC)nc1.CN(C)C(=O)C(c1ccccc1)c1ccccc1.N#CC(c1ccccc1)c1ccccc1.c1ccc(Nc2ccccc2)cc1. The number of pyridine rings is 1. The number of nitro benzene ring substituents is 2. The molecular weight excluding hydrogens is 1060 g/mol. The Labute approximate surface area is 493 Å². The summed E-state index contributed by atoms with van der Waals surface area (Å²) in [5.41, 5.74) is 7.15. The van der Waals surface area contributed by atoms with Crippen LogP contribution in [0.4, 0.5) is 28.4 Å². The van der Waals surface area contributed by atoms with Gasteiger partial charge in [0.15, 0.2) is 5.69 Å². The average molecular weight is 1130 g/mol. The fourth-order valence-corrected chi connectivity index (χ4v) is 8.27. The molecule has 7 aromatic carbocycles. The fraction of sp³-hybridized carbons (Fsp3) is 0.250. The van der Waals surface area contributed by atoms with Gasteiger partial charge in [0.05, 0.1) is 46.5 Å². The van der Waals surface area contributed by atoms with Gasteiger partial charge in [0.25, 0.3) is 11.4 Å². The van der Waals surface area contributed by atoms with Crippen LogP contribution in [-0.2, 0) is 14.3 Å². The lowest BCUT2D eigenvalue weighted by molar-refractivity contribution is -0.392. The molecule has 8 rings (SSSR count). The van der Waals surface area contributed by atoms with E-state index in [1.165, 1.54) is 30.5 Å². The first-order valence-electron chi connectivity index (χ1n) is 27.8. The van der Waals surface area contributed by atoms with Gasteiger partial charge in [-0.25, -0.2) is 14.6 Å². The first kappa shape index (κ1) is 66.5. The van der Waals surface area contributed by atoms with Crippen LogP contribution in [0.5, 0.6) is 0 Å². The van der Waals surface area contributed by atoms with E-state index in [4.69, 9.17) is 9.47 Å². The zero-order valence-electron chi connectivity index (χ0n) is 48.9. The van der Waals surface area contributed by atoms with Crippen molar-refractivity contribution in [2.45, 2.75) is 72.1 Å². The van der Waals surface area contributed by atoms with E-state index in [9.17, 15) is 39.9 Å². The molecule has 0 fully saturated rings. The molecule has 84 heavy (non-hydrogen) atoms. The zero-order valence-corrected chi connectivity index (χ0v) is 48.9. The highest BCUT2D eigenvalue weighted by Gasteiger charge is 2.30. The van der Waals surface area contributed by atoms with Crippen LogP contribution < -0.4 is 10.2 Å². The Hall–Kier alpha value is -10.0. The number of nitriles is 1. The standard InChI is InChI=1S/C16H17NO.C14H11N.C13H19N3O4.C13H17NO4.C12H11N/c1-17(2)16(18)15(13-9-5-3-6-10-13)14-11-7-4-8-12-14;15-11-14(12-7-3-1-4-8-12)13-9-5-2-6-10-13;1-4-6-14(7-5-2)13-11(15(17)18)8-10(3)9-12(13)16(19)20;1-3-7-17-12(15)10-5-6-11(14-9-10)13(16)18-8-4-2;1-3-7-11(8-4-1)13-12-9-5-2-6-10-12/h3-12,15H,1-2H3;1-10,14H;8-9H,4-7H2,1-3H3;5-6,9H,3-4,7-8H2,1-2H3;1-10,13H. The summed E-state index contributed by atoms with van der Waals surface area (Å²) in [6, 6.07) is 67.9. The minimum Gasteiger partial charge on any atom is -0.462 e. The smallest absolute Gasteiger partial charge is 0.356 e. The number of nitrogens with one attached hydrogen (secondary N) is 1. The summed E-state index contributed by atoms with van der Waals surface area (Å²) in [6.45, 7) is 11.2. The number of aromatic nitrogens is 1. The Bertz CT molecular complexity index is 3060. The van der Waals surface area contributed by atoms with Crippen molar-refractivity contribution in [3.8, 4) is 6.07 Å². The van der Waals surface area contributed by atoms with Crippen molar-refractivity contribution < 1.29 is 33.7 Å². The lowest BCUT2D eigenvalue weighted by atomic mass is 9.90. The number of ether oxygens (including phenoxy) is 2. The lowest BCUT2D eigenvalue weighted by Gasteiger charge is -2.23. The van der Waals surface area contributed by atoms with E-state index in [2.05, 4.69) is 16.4 Å². The number of carbonyl (C=O) groups excluding carboxylic acids is 3. The summed E-state index contributed by atoms with van der Waals surface area (Å²) in [6.07, 6.45) is 4.37. The van der Waals surface area contributed by atoms with Gasteiger partial charge in [-0.2, -0.15) is 5.26 Å². The number of likely N-dealkylation sites (N-methyl/N-ethyl adjacent to an activating group) is 1. The second-order valence-corrected chi connectivity index (χ2v) is 19.1.